The molecule has 0 fully saturated rings. The molecule has 2 unspecified atom stereocenters. The van der Waals surface area contributed by atoms with Crippen LogP contribution in [-0.2, 0) is 39.7 Å². The standard InChI is InChI=1S/2C17H14ClNO3.Cu/c2*1-2-10-3-5-11(6-4-10)16(20)15-13(18)9-14-12(17(21)22)7-8-19(14)15;/h2*2-6,9,12H,1,7-8H2,(H,21,22);/q;;+2/p-2. The number of hydrogen-bond donors (Lipinski definition) is 0. The number of rotatable bonds is 8. The van der Waals surface area contributed by atoms with E-state index in [1.54, 1.807) is 81.9 Å². The van der Waals surface area contributed by atoms with Crippen LogP contribution in [0.4, 0.5) is 0 Å². The van der Waals surface area contributed by atoms with Crippen molar-refractivity contribution in [2.45, 2.75) is 37.8 Å². The molecule has 0 amide bonds. The molecule has 4 heterocycles. The Morgan fingerprint density at radius 1 is 0.667 bits per heavy atom. The fourth-order valence-electron chi connectivity index (χ4n) is 5.69. The maximum Gasteiger partial charge on any atom is 2.00 e. The van der Waals surface area contributed by atoms with Gasteiger partial charge in [0.25, 0.3) is 0 Å². The van der Waals surface area contributed by atoms with Crippen molar-refractivity contribution in [2.24, 2.45) is 0 Å². The first kappa shape index (κ1) is 33.7. The fraction of sp³-hybridized carbons (Fsp3) is 0.176. The molecule has 2 aliphatic rings. The third kappa shape index (κ3) is 6.49. The molecular weight excluding hydrogens is 667 g/mol. The van der Waals surface area contributed by atoms with Crippen molar-refractivity contribution in [1.29, 1.82) is 0 Å². The van der Waals surface area contributed by atoms with Crippen molar-refractivity contribution < 1.29 is 46.5 Å². The number of aliphatic carboxylic acids is 2. The van der Waals surface area contributed by atoms with Crippen LogP contribution in [0.2, 0.25) is 10.0 Å². The van der Waals surface area contributed by atoms with E-state index in [0.29, 0.717) is 59.8 Å². The van der Waals surface area contributed by atoms with Gasteiger partial charge in [-0.25, -0.2) is 0 Å². The van der Waals surface area contributed by atoms with Gasteiger partial charge in [-0.15, -0.1) is 0 Å². The first-order chi connectivity index (χ1) is 21.0. The number of halogens is 2. The molecule has 2 aromatic heterocycles. The maximum absolute atomic E-state index is 12.7. The van der Waals surface area contributed by atoms with Crippen molar-refractivity contribution >= 4 is 58.9 Å². The second-order valence-electron chi connectivity index (χ2n) is 10.5. The van der Waals surface area contributed by atoms with Crippen molar-refractivity contribution in [3.8, 4) is 0 Å². The smallest absolute Gasteiger partial charge is 0.549 e. The maximum atomic E-state index is 12.7. The number of fused-ring (bicyclic) bond motifs is 2. The van der Waals surface area contributed by atoms with Crippen molar-refractivity contribution in [2.75, 3.05) is 0 Å². The summed E-state index contributed by atoms with van der Waals surface area (Å²) in [7, 11) is 0. The first-order valence-electron chi connectivity index (χ1n) is 13.8. The molecule has 233 valence electrons. The van der Waals surface area contributed by atoms with E-state index in [0.717, 1.165) is 11.1 Å². The molecule has 0 N–H and O–H groups in total. The van der Waals surface area contributed by atoms with Gasteiger partial charge >= 0.3 is 17.1 Å². The minimum Gasteiger partial charge on any atom is -0.549 e. The molecule has 0 aliphatic carbocycles. The third-order valence-corrected chi connectivity index (χ3v) is 8.55. The Morgan fingerprint density at radius 3 is 1.29 bits per heavy atom. The quantitative estimate of drug-likeness (QED) is 0.198. The van der Waals surface area contributed by atoms with Gasteiger partial charge in [0.2, 0.25) is 11.6 Å². The summed E-state index contributed by atoms with van der Waals surface area (Å²) in [4.78, 5) is 47.6. The van der Waals surface area contributed by atoms with Crippen LogP contribution < -0.4 is 10.2 Å². The minimum atomic E-state index is -1.14. The second-order valence-corrected chi connectivity index (χ2v) is 11.3. The van der Waals surface area contributed by atoms with Crippen LogP contribution in [0.3, 0.4) is 0 Å². The molecule has 8 nitrogen and oxygen atoms in total. The number of ketones is 2. The van der Waals surface area contributed by atoms with Crippen LogP contribution in [0.15, 0.2) is 73.8 Å². The van der Waals surface area contributed by atoms with Gasteiger partial charge in [-0.1, -0.05) is 97.0 Å². The average molecular weight is 693 g/mol. The van der Waals surface area contributed by atoms with Crippen LogP contribution >= 0.6 is 23.2 Å². The van der Waals surface area contributed by atoms with Gasteiger partial charge < -0.3 is 28.9 Å². The Hall–Kier alpha value is -4.14. The van der Waals surface area contributed by atoms with E-state index in [-0.39, 0.29) is 38.7 Å². The van der Waals surface area contributed by atoms with Crippen molar-refractivity contribution in [3.63, 3.8) is 0 Å². The van der Waals surface area contributed by atoms with Crippen molar-refractivity contribution in [1.82, 2.24) is 9.13 Å². The molecule has 2 aliphatic heterocycles. The predicted molar refractivity (Wildman–Crippen MR) is 164 cm³/mol. The number of hydrogen-bond acceptors (Lipinski definition) is 6. The largest absolute Gasteiger partial charge is 2.00 e. The van der Waals surface area contributed by atoms with Gasteiger partial charge in [0.1, 0.15) is 11.4 Å². The summed E-state index contributed by atoms with van der Waals surface area (Å²) in [6.07, 6.45) is 4.23. The van der Waals surface area contributed by atoms with E-state index >= 15 is 0 Å². The molecule has 2 aromatic carbocycles. The predicted octanol–water partition coefficient (Wildman–Crippen LogP) is 4.50. The monoisotopic (exact) mass is 691 g/mol. The third-order valence-electron chi connectivity index (χ3n) is 7.98. The van der Waals surface area contributed by atoms with Gasteiger partial charge in [-0.3, -0.25) is 9.59 Å². The van der Waals surface area contributed by atoms with E-state index in [9.17, 15) is 29.4 Å². The van der Waals surface area contributed by atoms with Crippen LogP contribution in [0.1, 0.15) is 79.3 Å². The van der Waals surface area contributed by atoms with Crippen molar-refractivity contribution in [3.05, 3.63) is 129 Å². The molecule has 1 radical (unpaired) electrons. The first-order valence-corrected chi connectivity index (χ1v) is 14.5. The molecule has 0 bridgehead atoms. The summed E-state index contributed by atoms with van der Waals surface area (Å²) in [6.45, 7) is 8.24. The van der Waals surface area contributed by atoms with Gasteiger partial charge in [0.15, 0.2) is 0 Å². The summed E-state index contributed by atoms with van der Waals surface area (Å²) in [5, 5.41) is 22.8. The van der Waals surface area contributed by atoms with Gasteiger partial charge in [0, 0.05) is 47.4 Å². The summed E-state index contributed by atoms with van der Waals surface area (Å²) >= 11 is 12.3. The molecular formula is C34H26Cl2CuN2O6. The zero-order chi connectivity index (χ0) is 31.7. The van der Waals surface area contributed by atoms with Crippen LogP contribution in [0.5, 0.6) is 0 Å². The zero-order valence-corrected chi connectivity index (χ0v) is 26.2. The summed E-state index contributed by atoms with van der Waals surface area (Å²) < 4.78 is 3.37. The molecule has 45 heavy (non-hydrogen) atoms. The number of carboxylic acids is 2. The average Bonchev–Trinajstić information content (AvgIpc) is 3.76. The molecule has 4 aromatic rings. The van der Waals surface area contributed by atoms with E-state index in [1.165, 1.54) is 0 Å². The summed E-state index contributed by atoms with van der Waals surface area (Å²) in [6, 6.07) is 17.1. The molecule has 0 saturated carbocycles. The number of carboxylic acid groups (broad SMARTS) is 2. The molecule has 2 atom stereocenters. The topological polar surface area (TPSA) is 124 Å². The number of aromatic nitrogens is 2. The minimum absolute atomic E-state index is 0. The SMILES string of the molecule is C=Cc1ccc(C(=O)c2c(Cl)cc3n2CCC3C(=O)[O-])cc1.C=Cc1ccc(C(=O)c2c(Cl)cc3n2CCC3C(=O)[O-])cc1.[Cu+2]. The van der Waals surface area contributed by atoms with Gasteiger partial charge in [-0.2, -0.15) is 0 Å². The summed E-state index contributed by atoms with van der Waals surface area (Å²) in [5.74, 6) is -4.12. The van der Waals surface area contributed by atoms with E-state index in [1.807, 2.05) is 0 Å². The van der Waals surface area contributed by atoms with Gasteiger partial charge in [-0.05, 0) is 36.1 Å². The fourth-order valence-corrected chi connectivity index (χ4v) is 6.29. The number of carbonyl (C=O) groups is 4. The second kappa shape index (κ2) is 13.9. The Labute approximate surface area is 280 Å². The Bertz CT molecular complexity index is 1690. The molecule has 0 saturated heterocycles. The van der Waals surface area contributed by atoms with Crippen LogP contribution in [-0.4, -0.2) is 32.6 Å². The molecule has 6 rings (SSSR count). The Kier molecular flexibility index (Phi) is 10.4. The van der Waals surface area contributed by atoms with E-state index < -0.39 is 23.8 Å². The molecule has 0 spiro atoms. The number of benzene rings is 2. The normalized spacial score (nSPS) is 16.0. The van der Waals surface area contributed by atoms with E-state index in [2.05, 4.69) is 13.2 Å². The number of nitrogens with zero attached hydrogens (tertiary/aromatic N) is 2. The zero-order valence-electron chi connectivity index (χ0n) is 23.7. The number of carbonyl (C=O) groups excluding carboxylic acids is 4. The Balaban J connectivity index is 0.000000200. The summed E-state index contributed by atoms with van der Waals surface area (Å²) in [5.41, 5.74) is 4.60. The van der Waals surface area contributed by atoms with E-state index in [4.69, 9.17) is 23.2 Å². The van der Waals surface area contributed by atoms with Gasteiger partial charge in [0.05, 0.1) is 22.0 Å². The molecule has 11 heteroatoms. The van der Waals surface area contributed by atoms with Crippen LogP contribution in [0.25, 0.3) is 12.2 Å². The van der Waals surface area contributed by atoms with Crippen LogP contribution in [0, 0.1) is 0 Å². The Morgan fingerprint density at radius 2 is 1.00 bits per heavy atom.